The fourth-order valence-electron chi connectivity index (χ4n) is 2.01. The molecule has 0 saturated heterocycles. The van der Waals surface area contributed by atoms with Crippen LogP contribution in [0, 0.1) is 17.6 Å². The minimum atomic E-state index is -1.05. The van der Waals surface area contributed by atoms with Crippen molar-refractivity contribution in [2.75, 3.05) is 10.6 Å². The number of benzene rings is 2. The van der Waals surface area contributed by atoms with Gasteiger partial charge in [0.15, 0.2) is 17.7 Å². The van der Waals surface area contributed by atoms with E-state index in [4.69, 9.17) is 4.74 Å². The molecule has 0 fully saturated rings. The van der Waals surface area contributed by atoms with Crippen LogP contribution in [0.15, 0.2) is 42.5 Å². The average molecular weight is 362 g/mol. The Morgan fingerprint density at radius 1 is 0.885 bits per heavy atom. The maximum absolute atomic E-state index is 13.2. The number of anilines is 2. The minimum absolute atomic E-state index is 0.0458. The van der Waals surface area contributed by atoms with Gasteiger partial charge in [0.1, 0.15) is 5.75 Å². The molecule has 7 heteroatoms. The summed E-state index contributed by atoms with van der Waals surface area (Å²) in [6.07, 6.45) is -0.936. The summed E-state index contributed by atoms with van der Waals surface area (Å²) in [6, 6.07) is 9.71. The lowest BCUT2D eigenvalue weighted by molar-refractivity contribution is -0.122. The third kappa shape index (κ3) is 5.27. The Bertz CT molecular complexity index is 809. The molecule has 2 rings (SSSR count). The molecule has 2 amide bonds. The Morgan fingerprint density at radius 3 is 2.08 bits per heavy atom. The quantitative estimate of drug-likeness (QED) is 0.817. The lowest BCUT2D eigenvalue weighted by Crippen LogP contribution is -2.30. The number of amides is 2. The fourth-order valence-corrected chi connectivity index (χ4v) is 2.01. The molecule has 0 bridgehead atoms. The SMILES string of the molecule is CC(C)C(=O)Nc1cccc(NC(=O)C(C)Oc2ccc(F)c(F)c2)c1. The van der Waals surface area contributed by atoms with Crippen molar-refractivity contribution in [1.29, 1.82) is 0 Å². The molecule has 0 aliphatic carbocycles. The summed E-state index contributed by atoms with van der Waals surface area (Å²) in [4.78, 5) is 24.0. The number of rotatable bonds is 6. The Labute approximate surface area is 150 Å². The van der Waals surface area contributed by atoms with Crippen LogP contribution in [0.4, 0.5) is 20.2 Å². The zero-order valence-electron chi connectivity index (χ0n) is 14.7. The molecule has 26 heavy (non-hydrogen) atoms. The predicted molar refractivity (Wildman–Crippen MR) is 95.0 cm³/mol. The number of nitrogens with one attached hydrogen (secondary N) is 2. The first-order valence-electron chi connectivity index (χ1n) is 8.09. The molecule has 0 saturated carbocycles. The Hall–Kier alpha value is -2.96. The summed E-state index contributed by atoms with van der Waals surface area (Å²) in [5.74, 6) is -2.77. The highest BCUT2D eigenvalue weighted by molar-refractivity contribution is 5.96. The zero-order chi connectivity index (χ0) is 19.3. The Morgan fingerprint density at radius 2 is 1.50 bits per heavy atom. The highest BCUT2D eigenvalue weighted by Gasteiger charge is 2.16. The van der Waals surface area contributed by atoms with Gasteiger partial charge in [0, 0.05) is 23.4 Å². The second-order valence-electron chi connectivity index (χ2n) is 6.05. The van der Waals surface area contributed by atoms with Crippen molar-refractivity contribution < 1.29 is 23.1 Å². The highest BCUT2D eigenvalue weighted by Crippen LogP contribution is 2.19. The molecule has 1 atom stereocenters. The lowest BCUT2D eigenvalue weighted by atomic mass is 10.2. The smallest absolute Gasteiger partial charge is 0.265 e. The van der Waals surface area contributed by atoms with Crippen LogP contribution in [-0.2, 0) is 9.59 Å². The van der Waals surface area contributed by atoms with Crippen LogP contribution in [0.3, 0.4) is 0 Å². The van der Waals surface area contributed by atoms with Crippen molar-refractivity contribution in [3.05, 3.63) is 54.1 Å². The molecule has 0 aliphatic rings. The van der Waals surface area contributed by atoms with Crippen molar-refractivity contribution in [1.82, 2.24) is 0 Å². The van der Waals surface area contributed by atoms with Gasteiger partial charge in [0.25, 0.3) is 5.91 Å². The van der Waals surface area contributed by atoms with Crippen molar-refractivity contribution >= 4 is 23.2 Å². The number of carbonyl (C=O) groups is 2. The molecule has 2 aromatic carbocycles. The maximum Gasteiger partial charge on any atom is 0.265 e. The van der Waals surface area contributed by atoms with E-state index in [9.17, 15) is 18.4 Å². The predicted octanol–water partition coefficient (Wildman–Crippen LogP) is 3.97. The van der Waals surface area contributed by atoms with E-state index in [1.807, 2.05) is 0 Å². The van der Waals surface area contributed by atoms with Crippen molar-refractivity contribution in [2.45, 2.75) is 26.9 Å². The lowest BCUT2D eigenvalue weighted by Gasteiger charge is -2.15. The van der Waals surface area contributed by atoms with Gasteiger partial charge in [-0.3, -0.25) is 9.59 Å². The first kappa shape index (κ1) is 19.4. The normalized spacial score (nSPS) is 11.8. The molecule has 0 aliphatic heterocycles. The van der Waals surface area contributed by atoms with Gasteiger partial charge in [0.05, 0.1) is 0 Å². The van der Waals surface area contributed by atoms with E-state index in [1.165, 1.54) is 13.0 Å². The Kier molecular flexibility index (Phi) is 6.27. The van der Waals surface area contributed by atoms with E-state index in [0.717, 1.165) is 12.1 Å². The van der Waals surface area contributed by atoms with Crippen LogP contribution in [0.2, 0.25) is 0 Å². The standard InChI is InChI=1S/C19H20F2N2O3/c1-11(2)18(24)22-13-5-4-6-14(9-13)23-19(25)12(3)26-15-7-8-16(20)17(21)10-15/h4-12H,1-3H3,(H,22,24)(H,23,25). The summed E-state index contributed by atoms with van der Waals surface area (Å²) in [5.41, 5.74) is 1.02. The van der Waals surface area contributed by atoms with E-state index in [0.29, 0.717) is 11.4 Å². The van der Waals surface area contributed by atoms with Crippen LogP contribution in [0.5, 0.6) is 5.75 Å². The van der Waals surface area contributed by atoms with E-state index in [2.05, 4.69) is 10.6 Å². The Balaban J connectivity index is 2.00. The molecule has 0 heterocycles. The van der Waals surface area contributed by atoms with Crippen molar-refractivity contribution in [3.8, 4) is 5.75 Å². The van der Waals surface area contributed by atoms with E-state index in [-0.39, 0.29) is 17.6 Å². The fraction of sp³-hybridized carbons (Fsp3) is 0.263. The second-order valence-corrected chi connectivity index (χ2v) is 6.05. The van der Waals surface area contributed by atoms with Crippen LogP contribution in [0.25, 0.3) is 0 Å². The topological polar surface area (TPSA) is 67.4 Å². The second kappa shape index (κ2) is 8.42. The van der Waals surface area contributed by atoms with Gasteiger partial charge in [-0.2, -0.15) is 0 Å². The van der Waals surface area contributed by atoms with Gasteiger partial charge in [-0.25, -0.2) is 8.78 Å². The third-order valence-corrected chi connectivity index (χ3v) is 3.50. The minimum Gasteiger partial charge on any atom is -0.481 e. The monoisotopic (exact) mass is 362 g/mol. The van der Waals surface area contributed by atoms with Crippen LogP contribution in [0.1, 0.15) is 20.8 Å². The first-order valence-corrected chi connectivity index (χ1v) is 8.09. The molecule has 2 N–H and O–H groups in total. The molecule has 0 aromatic heterocycles. The van der Waals surface area contributed by atoms with Gasteiger partial charge in [0.2, 0.25) is 5.91 Å². The number of ether oxygens (including phenoxy) is 1. The van der Waals surface area contributed by atoms with E-state index < -0.39 is 23.6 Å². The molecule has 2 aromatic rings. The summed E-state index contributed by atoms with van der Waals surface area (Å²) < 4.78 is 31.4. The summed E-state index contributed by atoms with van der Waals surface area (Å²) >= 11 is 0. The summed E-state index contributed by atoms with van der Waals surface area (Å²) in [7, 11) is 0. The van der Waals surface area contributed by atoms with Gasteiger partial charge in [-0.15, -0.1) is 0 Å². The largest absolute Gasteiger partial charge is 0.481 e. The van der Waals surface area contributed by atoms with Gasteiger partial charge >= 0.3 is 0 Å². The van der Waals surface area contributed by atoms with E-state index in [1.54, 1.807) is 38.1 Å². The van der Waals surface area contributed by atoms with Gasteiger partial charge < -0.3 is 15.4 Å². The number of halogens is 2. The molecule has 5 nitrogen and oxygen atoms in total. The molecular formula is C19H20F2N2O3. The number of hydrogen-bond acceptors (Lipinski definition) is 3. The van der Waals surface area contributed by atoms with Crippen LogP contribution < -0.4 is 15.4 Å². The number of hydrogen-bond donors (Lipinski definition) is 2. The van der Waals surface area contributed by atoms with Crippen LogP contribution >= 0.6 is 0 Å². The zero-order valence-corrected chi connectivity index (χ0v) is 14.7. The molecule has 138 valence electrons. The summed E-state index contributed by atoms with van der Waals surface area (Å²) in [6.45, 7) is 5.04. The molecule has 0 spiro atoms. The first-order chi connectivity index (χ1) is 12.3. The van der Waals surface area contributed by atoms with Crippen LogP contribution in [-0.4, -0.2) is 17.9 Å². The van der Waals surface area contributed by atoms with Gasteiger partial charge in [-0.1, -0.05) is 19.9 Å². The third-order valence-electron chi connectivity index (χ3n) is 3.50. The van der Waals surface area contributed by atoms with Crippen molar-refractivity contribution in [3.63, 3.8) is 0 Å². The van der Waals surface area contributed by atoms with Gasteiger partial charge in [-0.05, 0) is 37.3 Å². The highest BCUT2D eigenvalue weighted by atomic mass is 19.2. The maximum atomic E-state index is 13.2. The summed E-state index contributed by atoms with van der Waals surface area (Å²) in [5, 5.41) is 5.38. The average Bonchev–Trinajstić information content (AvgIpc) is 2.58. The van der Waals surface area contributed by atoms with Crippen molar-refractivity contribution in [2.24, 2.45) is 5.92 Å². The molecule has 1 unspecified atom stereocenters. The van der Waals surface area contributed by atoms with E-state index >= 15 is 0 Å². The molecule has 0 radical (unpaired) electrons. The number of carbonyl (C=O) groups excluding carboxylic acids is 2. The molecular weight excluding hydrogens is 342 g/mol.